The zero-order valence-electron chi connectivity index (χ0n) is 12.8. The van der Waals surface area contributed by atoms with Crippen molar-refractivity contribution in [3.8, 4) is 5.75 Å². The number of ether oxygens (including phenoxy) is 1. The number of H-pyrrole nitrogens is 1. The Balaban J connectivity index is 1.75. The maximum absolute atomic E-state index is 12.5. The largest absolute Gasteiger partial charge is 0.484 e. The van der Waals surface area contributed by atoms with Crippen molar-refractivity contribution in [2.45, 2.75) is 32.8 Å². The summed E-state index contributed by atoms with van der Waals surface area (Å²) < 4.78 is 6.34. The van der Waals surface area contributed by atoms with E-state index in [2.05, 4.69) is 24.9 Å². The van der Waals surface area contributed by atoms with E-state index in [1.807, 2.05) is 24.3 Å². The predicted octanol–water partition coefficient (Wildman–Crippen LogP) is 3.74. The van der Waals surface area contributed by atoms with E-state index in [9.17, 15) is 4.79 Å². The van der Waals surface area contributed by atoms with Crippen LogP contribution in [0.4, 0.5) is 0 Å². The van der Waals surface area contributed by atoms with Crippen LogP contribution in [0.5, 0.6) is 5.75 Å². The predicted molar refractivity (Wildman–Crippen MR) is 87.0 cm³/mol. The van der Waals surface area contributed by atoms with E-state index in [0.29, 0.717) is 16.9 Å². The van der Waals surface area contributed by atoms with Crippen molar-refractivity contribution in [3.05, 3.63) is 45.8 Å². The van der Waals surface area contributed by atoms with E-state index in [-0.39, 0.29) is 11.7 Å². The molecule has 1 unspecified atom stereocenters. The molecule has 2 heterocycles. The van der Waals surface area contributed by atoms with Crippen LogP contribution >= 0.6 is 0 Å². The number of hydrogen-bond acceptors (Lipinski definition) is 2. The second-order valence-corrected chi connectivity index (χ2v) is 7.54. The van der Waals surface area contributed by atoms with Gasteiger partial charge in [-0.05, 0) is 53.9 Å². The lowest BCUT2D eigenvalue weighted by Crippen LogP contribution is -2.55. The fourth-order valence-electron chi connectivity index (χ4n) is 4.71. The Kier molecular flexibility index (Phi) is 2.18. The Morgan fingerprint density at radius 2 is 2.05 bits per heavy atom. The number of para-hydroxylation sites is 1. The van der Waals surface area contributed by atoms with Gasteiger partial charge in [-0.15, -0.1) is 0 Å². The fourth-order valence-corrected chi connectivity index (χ4v) is 4.71. The summed E-state index contributed by atoms with van der Waals surface area (Å²) in [4.78, 5) is 15.4. The molecule has 0 saturated heterocycles. The highest BCUT2D eigenvalue weighted by Crippen LogP contribution is 2.62. The van der Waals surface area contributed by atoms with Gasteiger partial charge in [0.2, 0.25) is 0 Å². The van der Waals surface area contributed by atoms with Crippen LogP contribution < -0.4 is 10.3 Å². The molecule has 22 heavy (non-hydrogen) atoms. The van der Waals surface area contributed by atoms with Gasteiger partial charge in [0.05, 0.1) is 11.1 Å². The van der Waals surface area contributed by atoms with Gasteiger partial charge < -0.3 is 9.72 Å². The summed E-state index contributed by atoms with van der Waals surface area (Å²) in [6.45, 7) is 4.70. The molecule has 3 heteroatoms. The molecule has 112 valence electrons. The molecule has 3 nitrogen and oxygen atoms in total. The monoisotopic (exact) mass is 293 g/mol. The third-order valence-corrected chi connectivity index (χ3v) is 6.22. The van der Waals surface area contributed by atoms with Gasteiger partial charge in [0.25, 0.3) is 5.56 Å². The maximum atomic E-state index is 12.5. The molecule has 1 aromatic carbocycles. The van der Waals surface area contributed by atoms with Crippen LogP contribution in [0, 0.1) is 17.3 Å². The standard InChI is InChI=1S/C19H19NO2/c1-19(2)10-7-14(19)12-9-13-17(22-16(12)8-10)11-5-3-4-6-15(11)20-18(13)21/h3-6,9-10,14,16H,7-8H2,1-2H3,(H,20,21)/t10-,14+,16?/m0/s1. The van der Waals surface area contributed by atoms with Crippen molar-refractivity contribution < 1.29 is 4.74 Å². The average molecular weight is 293 g/mol. The normalized spacial score (nSPS) is 30.6. The van der Waals surface area contributed by atoms with Gasteiger partial charge in [0.1, 0.15) is 11.9 Å². The zero-order chi connectivity index (χ0) is 15.1. The molecule has 1 N–H and O–H groups in total. The van der Waals surface area contributed by atoms with Crippen molar-refractivity contribution in [3.63, 3.8) is 0 Å². The molecular formula is C19H19NO2. The molecule has 1 aromatic heterocycles. The number of aromatic nitrogens is 1. The first-order valence-electron chi connectivity index (χ1n) is 8.09. The molecule has 1 aliphatic heterocycles. The van der Waals surface area contributed by atoms with E-state index in [1.54, 1.807) is 0 Å². The van der Waals surface area contributed by atoms with Gasteiger partial charge in [0.15, 0.2) is 0 Å². The lowest BCUT2D eigenvalue weighted by atomic mass is 9.46. The SMILES string of the molecule is CC1(C)[C@@H]2CC3Oc4c(c(=O)[nH]c5ccccc45)C=C3[C@H]1C2. The Morgan fingerprint density at radius 1 is 1.23 bits per heavy atom. The second kappa shape index (κ2) is 3.83. The molecule has 2 aromatic rings. The third-order valence-electron chi connectivity index (χ3n) is 6.22. The summed E-state index contributed by atoms with van der Waals surface area (Å²) in [6.07, 6.45) is 4.61. The lowest BCUT2D eigenvalue weighted by molar-refractivity contribution is -0.0648. The van der Waals surface area contributed by atoms with E-state index in [1.165, 1.54) is 12.0 Å². The summed E-state index contributed by atoms with van der Waals surface area (Å²) in [6, 6.07) is 7.88. The van der Waals surface area contributed by atoms with Crippen LogP contribution in [0.15, 0.2) is 34.6 Å². The van der Waals surface area contributed by atoms with Crippen LogP contribution in [0.2, 0.25) is 0 Å². The highest BCUT2D eigenvalue weighted by molar-refractivity contribution is 5.89. The number of fused-ring (bicyclic) bond motifs is 3. The molecule has 0 spiro atoms. The molecule has 2 bridgehead atoms. The van der Waals surface area contributed by atoms with Crippen LogP contribution in [-0.2, 0) is 0 Å². The van der Waals surface area contributed by atoms with Crippen molar-refractivity contribution in [1.82, 2.24) is 4.98 Å². The molecule has 0 amide bonds. The van der Waals surface area contributed by atoms with Crippen molar-refractivity contribution in [2.24, 2.45) is 17.3 Å². The minimum atomic E-state index is -0.0427. The van der Waals surface area contributed by atoms with Gasteiger partial charge in [-0.1, -0.05) is 26.0 Å². The molecule has 0 radical (unpaired) electrons. The van der Waals surface area contributed by atoms with Crippen molar-refractivity contribution >= 4 is 17.0 Å². The summed E-state index contributed by atoms with van der Waals surface area (Å²) >= 11 is 0. The van der Waals surface area contributed by atoms with Gasteiger partial charge >= 0.3 is 0 Å². The Labute approximate surface area is 129 Å². The Hall–Kier alpha value is -2.03. The second-order valence-electron chi connectivity index (χ2n) is 7.54. The van der Waals surface area contributed by atoms with Gasteiger partial charge in [-0.25, -0.2) is 0 Å². The Morgan fingerprint density at radius 3 is 2.86 bits per heavy atom. The number of hydrogen-bond donors (Lipinski definition) is 1. The van der Waals surface area contributed by atoms with E-state index >= 15 is 0 Å². The Bertz CT molecular complexity index is 890. The molecule has 3 saturated carbocycles. The summed E-state index contributed by atoms with van der Waals surface area (Å²) in [5.74, 6) is 2.08. The number of nitrogens with one attached hydrogen (secondary N) is 1. The fraction of sp³-hybridized carbons (Fsp3) is 0.421. The van der Waals surface area contributed by atoms with Crippen LogP contribution in [-0.4, -0.2) is 11.1 Å². The summed E-state index contributed by atoms with van der Waals surface area (Å²) in [5, 5.41) is 1.01. The smallest absolute Gasteiger partial charge is 0.259 e. The average Bonchev–Trinajstić information content (AvgIpc) is 2.53. The minimum Gasteiger partial charge on any atom is -0.484 e. The molecule has 4 aliphatic rings. The van der Waals surface area contributed by atoms with E-state index < -0.39 is 0 Å². The molecule has 3 fully saturated rings. The van der Waals surface area contributed by atoms with Gasteiger partial charge in [0, 0.05) is 5.39 Å². The highest BCUT2D eigenvalue weighted by Gasteiger charge is 2.56. The van der Waals surface area contributed by atoms with Gasteiger partial charge in [-0.3, -0.25) is 4.79 Å². The first-order chi connectivity index (χ1) is 10.6. The number of benzene rings is 1. The van der Waals surface area contributed by atoms with Crippen molar-refractivity contribution in [1.29, 1.82) is 0 Å². The zero-order valence-corrected chi connectivity index (χ0v) is 12.8. The number of aromatic amines is 1. The lowest BCUT2D eigenvalue weighted by Gasteiger charge is -2.60. The summed E-state index contributed by atoms with van der Waals surface area (Å²) in [7, 11) is 0. The van der Waals surface area contributed by atoms with Crippen LogP contribution in [0.1, 0.15) is 32.3 Å². The minimum absolute atomic E-state index is 0.0427. The molecule has 6 rings (SSSR count). The highest BCUT2D eigenvalue weighted by atomic mass is 16.5. The number of pyridine rings is 1. The topological polar surface area (TPSA) is 42.1 Å². The number of rotatable bonds is 0. The third kappa shape index (κ3) is 1.39. The maximum Gasteiger partial charge on any atom is 0.259 e. The van der Waals surface area contributed by atoms with Crippen molar-refractivity contribution in [2.75, 3.05) is 0 Å². The van der Waals surface area contributed by atoms with Gasteiger partial charge in [-0.2, -0.15) is 0 Å². The molecule has 3 aliphatic carbocycles. The molecular weight excluding hydrogens is 274 g/mol. The van der Waals surface area contributed by atoms with Crippen LogP contribution in [0.3, 0.4) is 0 Å². The quantitative estimate of drug-likeness (QED) is 0.804. The van der Waals surface area contributed by atoms with E-state index in [4.69, 9.17) is 4.74 Å². The first-order valence-corrected chi connectivity index (χ1v) is 8.09. The first kappa shape index (κ1) is 12.5. The van der Waals surface area contributed by atoms with Crippen LogP contribution in [0.25, 0.3) is 17.0 Å². The molecule has 3 atom stereocenters. The summed E-state index contributed by atoms with van der Waals surface area (Å²) in [5.41, 5.74) is 3.20. The van der Waals surface area contributed by atoms with E-state index in [0.717, 1.165) is 29.0 Å².